The summed E-state index contributed by atoms with van der Waals surface area (Å²) in [7, 11) is 0. The Kier molecular flexibility index (Phi) is 6.20. The van der Waals surface area contributed by atoms with E-state index in [0.29, 0.717) is 6.61 Å². The van der Waals surface area contributed by atoms with Gasteiger partial charge in [0.05, 0.1) is 12.8 Å². The number of rotatable bonds is 7. The van der Waals surface area contributed by atoms with Crippen LogP contribution in [-0.4, -0.2) is 36.8 Å². The Morgan fingerprint density at radius 3 is 2.96 bits per heavy atom. The number of piperidine rings is 1. The minimum Gasteiger partial charge on any atom is -0.482 e. The van der Waals surface area contributed by atoms with Crippen molar-refractivity contribution in [2.45, 2.75) is 70.5 Å². The molecule has 144 valence electrons. The molecule has 1 aromatic rings. The number of nitrogens with zero attached hydrogens (tertiary/aromatic N) is 1. The summed E-state index contributed by atoms with van der Waals surface area (Å²) in [6, 6.07) is 6.28. The highest BCUT2D eigenvalue weighted by molar-refractivity contribution is 5.71. The van der Waals surface area contributed by atoms with E-state index in [1.807, 2.05) is 6.07 Å². The third-order valence-corrected chi connectivity index (χ3v) is 5.80. The van der Waals surface area contributed by atoms with E-state index in [2.05, 4.69) is 24.0 Å². The van der Waals surface area contributed by atoms with Gasteiger partial charge < -0.3 is 15.2 Å². The molecule has 0 radical (unpaired) electrons. The Morgan fingerprint density at radius 1 is 1.35 bits per heavy atom. The second-order valence-electron chi connectivity index (χ2n) is 7.47. The zero-order valence-corrected chi connectivity index (χ0v) is 16.1. The van der Waals surface area contributed by atoms with Crippen molar-refractivity contribution in [1.29, 1.82) is 0 Å². The fourth-order valence-electron chi connectivity index (χ4n) is 4.67. The van der Waals surface area contributed by atoms with Crippen molar-refractivity contribution in [3.63, 3.8) is 0 Å². The number of esters is 1. The molecule has 0 aliphatic carbocycles. The summed E-state index contributed by atoms with van der Waals surface area (Å²) in [6.07, 6.45) is 8.12. The zero-order valence-electron chi connectivity index (χ0n) is 16.1. The first-order valence-corrected chi connectivity index (χ1v) is 10.0. The van der Waals surface area contributed by atoms with Gasteiger partial charge in [-0.25, -0.2) is 4.79 Å². The van der Waals surface area contributed by atoms with E-state index >= 15 is 0 Å². The van der Waals surface area contributed by atoms with Crippen molar-refractivity contribution in [3.05, 3.63) is 29.3 Å². The summed E-state index contributed by atoms with van der Waals surface area (Å²) in [4.78, 5) is 14.1. The second kappa shape index (κ2) is 8.40. The number of hydrogen-bond acceptors (Lipinski definition) is 5. The Balaban J connectivity index is 1.86. The van der Waals surface area contributed by atoms with Crippen molar-refractivity contribution in [2.24, 2.45) is 5.73 Å². The van der Waals surface area contributed by atoms with Crippen LogP contribution in [0.2, 0.25) is 0 Å². The van der Waals surface area contributed by atoms with E-state index in [1.54, 1.807) is 6.92 Å². The maximum Gasteiger partial charge on any atom is 0.344 e. The number of ether oxygens (including phenoxy) is 2. The van der Waals surface area contributed by atoms with Gasteiger partial charge in [0.2, 0.25) is 0 Å². The topological polar surface area (TPSA) is 64.8 Å². The Bertz CT molecular complexity index is 634. The molecule has 2 N–H and O–H groups in total. The normalized spacial score (nSPS) is 25.3. The van der Waals surface area contributed by atoms with Gasteiger partial charge in [-0.15, -0.1) is 0 Å². The van der Waals surface area contributed by atoms with E-state index in [1.165, 1.54) is 43.2 Å². The fourth-order valence-corrected chi connectivity index (χ4v) is 4.67. The summed E-state index contributed by atoms with van der Waals surface area (Å²) >= 11 is 0. The van der Waals surface area contributed by atoms with Gasteiger partial charge in [-0.1, -0.05) is 25.8 Å². The number of fused-ring (bicyclic) bond motifs is 3. The molecule has 2 unspecified atom stereocenters. The lowest BCUT2D eigenvalue weighted by Gasteiger charge is -2.54. The fraction of sp³-hybridized carbons (Fsp3) is 0.667. The van der Waals surface area contributed by atoms with E-state index in [0.717, 1.165) is 25.1 Å². The Morgan fingerprint density at radius 2 is 2.19 bits per heavy atom. The van der Waals surface area contributed by atoms with Crippen LogP contribution in [0, 0.1) is 0 Å². The molecule has 2 atom stereocenters. The average Bonchev–Trinajstić information content (AvgIpc) is 2.65. The van der Waals surface area contributed by atoms with Crippen molar-refractivity contribution in [1.82, 2.24) is 4.90 Å². The molecular weight excluding hydrogens is 328 g/mol. The predicted molar refractivity (Wildman–Crippen MR) is 102 cm³/mol. The third kappa shape index (κ3) is 3.74. The minimum absolute atomic E-state index is 0.0498. The molecule has 1 fully saturated rings. The highest BCUT2D eigenvalue weighted by Gasteiger charge is 2.46. The van der Waals surface area contributed by atoms with Gasteiger partial charge in [-0.2, -0.15) is 0 Å². The molecule has 0 aromatic heterocycles. The number of carbonyl (C=O) groups is 1. The zero-order chi connectivity index (χ0) is 18.6. The van der Waals surface area contributed by atoms with Crippen LogP contribution in [0.1, 0.15) is 63.5 Å². The largest absolute Gasteiger partial charge is 0.482 e. The van der Waals surface area contributed by atoms with Gasteiger partial charge in [0.1, 0.15) is 5.75 Å². The molecule has 3 rings (SSSR count). The molecule has 5 nitrogen and oxygen atoms in total. The predicted octanol–water partition coefficient (Wildman–Crippen LogP) is 3.34. The first-order valence-electron chi connectivity index (χ1n) is 10.0. The number of nitrogens with two attached hydrogens (primary N) is 1. The molecule has 26 heavy (non-hydrogen) atoms. The quantitative estimate of drug-likeness (QED) is 0.756. The van der Waals surface area contributed by atoms with Gasteiger partial charge in [0.15, 0.2) is 6.61 Å². The van der Waals surface area contributed by atoms with Gasteiger partial charge >= 0.3 is 5.97 Å². The lowest BCUT2D eigenvalue weighted by molar-refractivity contribution is -0.145. The van der Waals surface area contributed by atoms with Crippen molar-refractivity contribution < 1.29 is 14.3 Å². The molecule has 2 aliphatic rings. The molecule has 2 aliphatic heterocycles. The van der Waals surface area contributed by atoms with Crippen LogP contribution in [-0.2, 0) is 21.5 Å². The van der Waals surface area contributed by atoms with Crippen LogP contribution < -0.4 is 10.5 Å². The van der Waals surface area contributed by atoms with Crippen LogP contribution in [0.3, 0.4) is 0 Å². The SMILES string of the molecule is CCCCC12CCCCN1C(N)Cc1cc(OCC(=O)OCC)ccc12. The van der Waals surface area contributed by atoms with E-state index < -0.39 is 0 Å². The van der Waals surface area contributed by atoms with Crippen LogP contribution in [0.5, 0.6) is 5.75 Å². The molecular formula is C21H32N2O3. The van der Waals surface area contributed by atoms with Crippen molar-refractivity contribution in [2.75, 3.05) is 19.8 Å². The van der Waals surface area contributed by atoms with Crippen molar-refractivity contribution in [3.8, 4) is 5.75 Å². The Labute approximate surface area is 156 Å². The van der Waals surface area contributed by atoms with Crippen LogP contribution in [0.15, 0.2) is 18.2 Å². The van der Waals surface area contributed by atoms with Gasteiger partial charge in [-0.3, -0.25) is 4.90 Å². The molecule has 1 saturated heterocycles. The first-order chi connectivity index (χ1) is 12.6. The number of benzene rings is 1. The standard InChI is InChI=1S/C21H32N2O3/c1-3-5-10-21-11-6-7-12-23(21)19(22)14-16-13-17(8-9-18(16)21)26-15-20(24)25-4-2/h8-9,13,19H,3-7,10-12,14-15,22H2,1-2H3. The first kappa shape index (κ1) is 19.2. The number of carbonyl (C=O) groups excluding carboxylic acids is 1. The molecule has 0 bridgehead atoms. The summed E-state index contributed by atoms with van der Waals surface area (Å²) in [5.41, 5.74) is 9.34. The number of unbranched alkanes of at least 4 members (excludes halogenated alkanes) is 1. The van der Waals surface area contributed by atoms with Gasteiger partial charge in [0.25, 0.3) is 0 Å². The molecule has 2 heterocycles. The summed E-state index contributed by atoms with van der Waals surface area (Å²) in [5.74, 6) is 0.388. The van der Waals surface area contributed by atoms with Crippen LogP contribution >= 0.6 is 0 Å². The van der Waals surface area contributed by atoms with E-state index in [-0.39, 0.29) is 24.3 Å². The maximum atomic E-state index is 11.5. The minimum atomic E-state index is -0.334. The lowest BCUT2D eigenvalue weighted by Crippen LogP contribution is -2.60. The smallest absolute Gasteiger partial charge is 0.344 e. The molecule has 0 amide bonds. The van der Waals surface area contributed by atoms with Crippen LogP contribution in [0.25, 0.3) is 0 Å². The Hall–Kier alpha value is -1.59. The number of hydrogen-bond donors (Lipinski definition) is 1. The molecule has 0 saturated carbocycles. The molecule has 5 heteroatoms. The second-order valence-corrected chi connectivity index (χ2v) is 7.47. The average molecular weight is 360 g/mol. The summed E-state index contributed by atoms with van der Waals surface area (Å²) < 4.78 is 10.6. The van der Waals surface area contributed by atoms with Crippen molar-refractivity contribution >= 4 is 5.97 Å². The molecule has 1 aromatic carbocycles. The monoisotopic (exact) mass is 360 g/mol. The van der Waals surface area contributed by atoms with Gasteiger partial charge in [0, 0.05) is 18.5 Å². The van der Waals surface area contributed by atoms with E-state index in [4.69, 9.17) is 15.2 Å². The van der Waals surface area contributed by atoms with E-state index in [9.17, 15) is 4.79 Å². The van der Waals surface area contributed by atoms with Gasteiger partial charge in [-0.05, 0) is 55.9 Å². The summed E-state index contributed by atoms with van der Waals surface area (Å²) in [6.45, 7) is 5.46. The molecule has 0 spiro atoms. The summed E-state index contributed by atoms with van der Waals surface area (Å²) in [5, 5.41) is 0. The lowest BCUT2D eigenvalue weighted by atomic mass is 9.71. The third-order valence-electron chi connectivity index (χ3n) is 5.80. The highest BCUT2D eigenvalue weighted by atomic mass is 16.6. The highest BCUT2D eigenvalue weighted by Crippen LogP contribution is 2.47. The van der Waals surface area contributed by atoms with Crippen LogP contribution in [0.4, 0.5) is 0 Å². The maximum absolute atomic E-state index is 11.5.